The zero-order valence-electron chi connectivity index (χ0n) is 23.3. The number of halogens is 1. The van der Waals surface area contributed by atoms with Gasteiger partial charge in [0.1, 0.15) is 5.82 Å². The van der Waals surface area contributed by atoms with Gasteiger partial charge in [-0.3, -0.25) is 19.5 Å². The summed E-state index contributed by atoms with van der Waals surface area (Å²) in [6, 6.07) is 8.94. The first-order valence-electron chi connectivity index (χ1n) is 13.7. The standard InChI is InChI=1S/C30H40FN5O2/c1-20-16-35(24(15-32-20)17-34-11-10-29(2,3)28(34)38)18-26(37)36-19-30(4,5)27-25(36)13-22(14-33-27)12-21-6-8-23(31)9-7-21/h6-9,13-14,20,24,32H,10-12,15-19H2,1-5H3/t20-,24-/m1/s1. The second-order valence-electron chi connectivity index (χ2n) is 12.7. The minimum absolute atomic E-state index is 0.0599. The second-order valence-corrected chi connectivity index (χ2v) is 12.7. The molecule has 0 unspecified atom stereocenters. The lowest BCUT2D eigenvalue weighted by Crippen LogP contribution is -2.61. The van der Waals surface area contributed by atoms with Crippen LogP contribution in [0.5, 0.6) is 0 Å². The Balaban J connectivity index is 1.33. The Morgan fingerprint density at radius 1 is 1.13 bits per heavy atom. The largest absolute Gasteiger partial charge is 0.341 e. The summed E-state index contributed by atoms with van der Waals surface area (Å²) in [6.45, 7) is 14.2. The fourth-order valence-electron chi connectivity index (χ4n) is 6.08. The molecule has 2 saturated heterocycles. The first kappa shape index (κ1) is 26.8. The van der Waals surface area contributed by atoms with Gasteiger partial charge < -0.3 is 15.1 Å². The number of rotatable bonds is 6. The van der Waals surface area contributed by atoms with E-state index in [9.17, 15) is 14.0 Å². The molecule has 0 aliphatic carbocycles. The van der Waals surface area contributed by atoms with Crippen molar-refractivity contribution in [2.45, 2.75) is 65.0 Å². The first-order valence-corrected chi connectivity index (χ1v) is 13.7. The fraction of sp³-hybridized carbons (Fsp3) is 0.567. The number of fused-ring (bicyclic) bond motifs is 1. The van der Waals surface area contributed by atoms with Crippen LogP contribution in [0, 0.1) is 11.2 Å². The summed E-state index contributed by atoms with van der Waals surface area (Å²) in [5.41, 5.74) is 3.25. The number of aromatic nitrogens is 1. The fourth-order valence-corrected chi connectivity index (χ4v) is 6.08. The molecule has 1 N–H and O–H groups in total. The van der Waals surface area contributed by atoms with Gasteiger partial charge >= 0.3 is 0 Å². The summed E-state index contributed by atoms with van der Waals surface area (Å²) < 4.78 is 13.4. The van der Waals surface area contributed by atoms with Crippen molar-refractivity contribution in [3.05, 3.63) is 59.2 Å². The maximum Gasteiger partial charge on any atom is 0.241 e. The molecular weight excluding hydrogens is 481 g/mol. The third kappa shape index (κ3) is 5.34. The number of amides is 2. The molecule has 0 bridgehead atoms. The molecule has 0 saturated carbocycles. The van der Waals surface area contributed by atoms with Gasteiger partial charge in [0.25, 0.3) is 0 Å². The van der Waals surface area contributed by atoms with E-state index in [4.69, 9.17) is 4.98 Å². The van der Waals surface area contributed by atoms with E-state index < -0.39 is 0 Å². The Labute approximate surface area is 225 Å². The van der Waals surface area contributed by atoms with Crippen molar-refractivity contribution in [3.8, 4) is 0 Å². The Morgan fingerprint density at radius 2 is 1.87 bits per heavy atom. The number of nitrogens with zero attached hydrogens (tertiary/aromatic N) is 4. The van der Waals surface area contributed by atoms with Crippen molar-refractivity contribution in [2.75, 3.05) is 44.2 Å². The number of piperazine rings is 1. The maximum atomic E-state index is 13.8. The van der Waals surface area contributed by atoms with Gasteiger partial charge in [0, 0.05) is 61.8 Å². The van der Waals surface area contributed by atoms with E-state index in [2.05, 4.69) is 37.1 Å². The van der Waals surface area contributed by atoms with Crippen LogP contribution < -0.4 is 10.2 Å². The van der Waals surface area contributed by atoms with E-state index in [0.717, 1.165) is 48.6 Å². The number of nitrogens with one attached hydrogen (secondary N) is 1. The van der Waals surface area contributed by atoms with E-state index in [0.29, 0.717) is 26.1 Å². The lowest BCUT2D eigenvalue weighted by atomic mass is 9.91. The van der Waals surface area contributed by atoms with Crippen molar-refractivity contribution < 1.29 is 14.0 Å². The summed E-state index contributed by atoms with van der Waals surface area (Å²) in [5, 5.41) is 3.54. The van der Waals surface area contributed by atoms with E-state index in [1.165, 1.54) is 12.1 Å². The average molecular weight is 522 g/mol. The van der Waals surface area contributed by atoms with Crippen LogP contribution in [-0.4, -0.2) is 78.0 Å². The van der Waals surface area contributed by atoms with Crippen molar-refractivity contribution >= 4 is 17.5 Å². The van der Waals surface area contributed by atoms with Crippen molar-refractivity contribution in [1.82, 2.24) is 20.1 Å². The average Bonchev–Trinajstić information content (AvgIpc) is 3.28. The zero-order valence-corrected chi connectivity index (χ0v) is 23.3. The third-order valence-electron chi connectivity index (χ3n) is 8.40. The van der Waals surface area contributed by atoms with Crippen LogP contribution in [0.25, 0.3) is 0 Å². The number of hydrogen-bond donors (Lipinski definition) is 1. The SMILES string of the molecule is C[C@@H]1CN(CC(=O)N2CC(C)(C)c3ncc(Cc4ccc(F)cc4)cc32)[C@@H](CN2CCC(C)(C)C2=O)CN1. The van der Waals surface area contributed by atoms with E-state index in [1.807, 2.05) is 29.8 Å². The van der Waals surface area contributed by atoms with Crippen molar-refractivity contribution in [2.24, 2.45) is 5.41 Å². The predicted molar refractivity (Wildman–Crippen MR) is 147 cm³/mol. The molecule has 3 aliphatic rings. The van der Waals surface area contributed by atoms with Crippen LogP contribution in [0.2, 0.25) is 0 Å². The zero-order chi connectivity index (χ0) is 27.2. The molecule has 5 rings (SSSR count). The van der Waals surface area contributed by atoms with Crippen LogP contribution in [-0.2, 0) is 21.4 Å². The predicted octanol–water partition coefficient (Wildman–Crippen LogP) is 3.36. The minimum atomic E-state index is -0.306. The molecule has 3 aliphatic heterocycles. The number of carbonyl (C=O) groups excluding carboxylic acids is 2. The maximum absolute atomic E-state index is 13.8. The number of likely N-dealkylation sites (tertiary alicyclic amines) is 1. The molecule has 0 radical (unpaired) electrons. The van der Waals surface area contributed by atoms with Gasteiger partial charge in [0.15, 0.2) is 0 Å². The molecule has 204 valence electrons. The summed E-state index contributed by atoms with van der Waals surface area (Å²) in [4.78, 5) is 37.6. The summed E-state index contributed by atoms with van der Waals surface area (Å²) >= 11 is 0. The minimum Gasteiger partial charge on any atom is -0.341 e. The Morgan fingerprint density at radius 3 is 2.55 bits per heavy atom. The highest BCUT2D eigenvalue weighted by Gasteiger charge is 2.43. The van der Waals surface area contributed by atoms with Gasteiger partial charge in [-0.25, -0.2) is 4.39 Å². The number of hydrogen-bond acceptors (Lipinski definition) is 5. The molecule has 2 fully saturated rings. The lowest BCUT2D eigenvalue weighted by molar-refractivity contribution is -0.135. The lowest BCUT2D eigenvalue weighted by Gasteiger charge is -2.41. The summed E-state index contributed by atoms with van der Waals surface area (Å²) in [5.74, 6) is 0.0137. The molecule has 1 aromatic heterocycles. The van der Waals surface area contributed by atoms with Gasteiger partial charge in [-0.05, 0) is 49.1 Å². The number of pyridine rings is 1. The van der Waals surface area contributed by atoms with E-state index in [1.54, 1.807) is 12.1 Å². The van der Waals surface area contributed by atoms with Gasteiger partial charge in [0.05, 0.1) is 17.9 Å². The van der Waals surface area contributed by atoms with E-state index >= 15 is 0 Å². The monoisotopic (exact) mass is 521 g/mol. The Bertz CT molecular complexity index is 1210. The smallest absolute Gasteiger partial charge is 0.241 e. The topological polar surface area (TPSA) is 68.8 Å². The quantitative estimate of drug-likeness (QED) is 0.632. The van der Waals surface area contributed by atoms with Gasteiger partial charge in [-0.1, -0.05) is 39.8 Å². The highest BCUT2D eigenvalue weighted by atomic mass is 19.1. The van der Waals surface area contributed by atoms with Gasteiger partial charge in [-0.2, -0.15) is 0 Å². The molecule has 2 amide bonds. The Hall–Kier alpha value is -2.84. The molecule has 8 heteroatoms. The molecule has 2 atom stereocenters. The molecule has 2 aromatic rings. The number of benzene rings is 1. The van der Waals surface area contributed by atoms with Crippen LogP contribution in [0.3, 0.4) is 0 Å². The molecular formula is C30H40FN5O2. The van der Waals surface area contributed by atoms with Crippen molar-refractivity contribution in [3.63, 3.8) is 0 Å². The second kappa shape index (κ2) is 10.0. The van der Waals surface area contributed by atoms with E-state index in [-0.39, 0.29) is 40.5 Å². The molecule has 7 nitrogen and oxygen atoms in total. The molecule has 0 spiro atoms. The van der Waals surface area contributed by atoms with Crippen LogP contribution in [0.1, 0.15) is 57.9 Å². The normalized spacial score (nSPS) is 24.6. The van der Waals surface area contributed by atoms with Crippen LogP contribution in [0.4, 0.5) is 10.1 Å². The highest BCUT2D eigenvalue weighted by molar-refractivity contribution is 5.97. The van der Waals surface area contributed by atoms with Gasteiger partial charge in [0.2, 0.25) is 11.8 Å². The molecule has 38 heavy (non-hydrogen) atoms. The van der Waals surface area contributed by atoms with Crippen LogP contribution >= 0.6 is 0 Å². The molecule has 1 aromatic carbocycles. The van der Waals surface area contributed by atoms with Crippen LogP contribution in [0.15, 0.2) is 36.5 Å². The first-order chi connectivity index (χ1) is 17.9. The Kier molecular flexibility index (Phi) is 7.07. The number of anilines is 1. The highest BCUT2D eigenvalue weighted by Crippen LogP contribution is 2.40. The third-order valence-corrected chi connectivity index (χ3v) is 8.40. The van der Waals surface area contributed by atoms with Gasteiger partial charge in [-0.15, -0.1) is 0 Å². The number of carbonyl (C=O) groups is 2. The van der Waals surface area contributed by atoms with Crippen molar-refractivity contribution in [1.29, 1.82) is 0 Å². The summed E-state index contributed by atoms with van der Waals surface area (Å²) in [7, 11) is 0. The molecule has 4 heterocycles. The summed E-state index contributed by atoms with van der Waals surface area (Å²) in [6.07, 6.45) is 3.37.